The number of amides is 1. The molecule has 3 rings (SSSR count). The predicted molar refractivity (Wildman–Crippen MR) is 77.7 cm³/mol. The highest BCUT2D eigenvalue weighted by molar-refractivity contribution is 6.30. The van der Waals surface area contributed by atoms with Crippen LogP contribution < -0.4 is 5.32 Å². The molecule has 0 saturated carbocycles. The van der Waals surface area contributed by atoms with Gasteiger partial charge in [-0.25, -0.2) is 4.39 Å². The third-order valence-corrected chi connectivity index (χ3v) is 3.25. The number of para-hydroxylation sites is 1. The monoisotopic (exact) mass is 288 g/mol. The fraction of sp³-hybridized carbons (Fsp3) is 0. The van der Waals surface area contributed by atoms with Crippen molar-refractivity contribution in [3.8, 4) is 0 Å². The van der Waals surface area contributed by atoms with E-state index in [1.165, 1.54) is 12.1 Å². The molecule has 3 nitrogen and oxygen atoms in total. The molecule has 0 aliphatic heterocycles. The number of benzene rings is 2. The standard InChI is InChI=1S/C15H10ClFN2O/c16-10-4-5-13(12(17)8-10)19-15(20)11-3-1-2-9-6-7-18-14(9)11/h1-8,18H,(H,19,20). The van der Waals surface area contributed by atoms with Crippen molar-refractivity contribution >= 4 is 34.1 Å². The highest BCUT2D eigenvalue weighted by Crippen LogP contribution is 2.22. The Balaban J connectivity index is 1.95. The minimum absolute atomic E-state index is 0.1000. The van der Waals surface area contributed by atoms with Crippen molar-refractivity contribution < 1.29 is 9.18 Å². The molecule has 3 aromatic rings. The summed E-state index contributed by atoms with van der Waals surface area (Å²) >= 11 is 5.68. The first kappa shape index (κ1) is 12.7. The number of aromatic amines is 1. The Labute approximate surface area is 119 Å². The molecule has 0 atom stereocenters. The van der Waals surface area contributed by atoms with E-state index in [1.807, 2.05) is 12.1 Å². The van der Waals surface area contributed by atoms with Gasteiger partial charge < -0.3 is 10.3 Å². The van der Waals surface area contributed by atoms with Gasteiger partial charge >= 0.3 is 0 Å². The molecule has 0 fully saturated rings. The maximum absolute atomic E-state index is 13.7. The summed E-state index contributed by atoms with van der Waals surface area (Å²) in [5.74, 6) is -0.941. The van der Waals surface area contributed by atoms with Crippen molar-refractivity contribution in [3.63, 3.8) is 0 Å². The second kappa shape index (κ2) is 4.98. The Morgan fingerprint density at radius 2 is 2.05 bits per heavy atom. The van der Waals surface area contributed by atoms with Crippen LogP contribution in [0.1, 0.15) is 10.4 Å². The van der Waals surface area contributed by atoms with Gasteiger partial charge in [-0.1, -0.05) is 23.7 Å². The van der Waals surface area contributed by atoms with Crippen molar-refractivity contribution in [1.29, 1.82) is 0 Å². The van der Waals surface area contributed by atoms with E-state index in [-0.39, 0.29) is 16.6 Å². The zero-order valence-electron chi connectivity index (χ0n) is 10.3. The van der Waals surface area contributed by atoms with Gasteiger partial charge in [0, 0.05) is 16.6 Å². The van der Waals surface area contributed by atoms with Crippen molar-refractivity contribution in [2.75, 3.05) is 5.32 Å². The molecule has 0 saturated heterocycles. The first-order valence-corrected chi connectivity index (χ1v) is 6.35. The lowest BCUT2D eigenvalue weighted by Gasteiger charge is -2.07. The molecule has 0 aliphatic rings. The van der Waals surface area contributed by atoms with Gasteiger partial charge in [0.05, 0.1) is 16.8 Å². The number of aromatic nitrogens is 1. The maximum Gasteiger partial charge on any atom is 0.257 e. The maximum atomic E-state index is 13.7. The summed E-state index contributed by atoms with van der Waals surface area (Å²) in [4.78, 5) is 15.2. The Morgan fingerprint density at radius 1 is 1.20 bits per heavy atom. The molecule has 1 heterocycles. The van der Waals surface area contributed by atoms with Crippen molar-refractivity contribution in [1.82, 2.24) is 4.98 Å². The van der Waals surface area contributed by atoms with Crippen molar-refractivity contribution in [2.45, 2.75) is 0 Å². The molecular formula is C15H10ClFN2O. The fourth-order valence-corrected chi connectivity index (χ4v) is 2.21. The van der Waals surface area contributed by atoms with Crippen LogP contribution in [0.5, 0.6) is 0 Å². The second-order valence-electron chi connectivity index (χ2n) is 4.33. The summed E-state index contributed by atoms with van der Waals surface area (Å²) < 4.78 is 13.7. The number of fused-ring (bicyclic) bond motifs is 1. The van der Waals surface area contributed by atoms with Crippen LogP contribution in [0.3, 0.4) is 0 Å². The Morgan fingerprint density at radius 3 is 2.85 bits per heavy atom. The lowest BCUT2D eigenvalue weighted by atomic mass is 10.1. The Kier molecular flexibility index (Phi) is 3.16. The summed E-state index contributed by atoms with van der Waals surface area (Å²) in [6, 6.07) is 11.3. The zero-order chi connectivity index (χ0) is 14.1. The number of nitrogens with one attached hydrogen (secondary N) is 2. The van der Waals surface area contributed by atoms with E-state index in [2.05, 4.69) is 10.3 Å². The van der Waals surface area contributed by atoms with E-state index < -0.39 is 5.82 Å². The van der Waals surface area contributed by atoms with Crippen LogP contribution in [-0.2, 0) is 0 Å². The quantitative estimate of drug-likeness (QED) is 0.729. The molecule has 5 heteroatoms. The van der Waals surface area contributed by atoms with E-state index in [9.17, 15) is 9.18 Å². The van der Waals surface area contributed by atoms with Crippen LogP contribution in [0.4, 0.5) is 10.1 Å². The number of rotatable bonds is 2. The van der Waals surface area contributed by atoms with Gasteiger partial charge in [-0.3, -0.25) is 4.79 Å². The van der Waals surface area contributed by atoms with E-state index in [0.29, 0.717) is 5.56 Å². The van der Waals surface area contributed by atoms with Crippen LogP contribution in [0, 0.1) is 5.82 Å². The van der Waals surface area contributed by atoms with Gasteiger partial charge in [-0.2, -0.15) is 0 Å². The van der Waals surface area contributed by atoms with E-state index in [0.717, 1.165) is 17.0 Å². The largest absolute Gasteiger partial charge is 0.361 e. The van der Waals surface area contributed by atoms with Gasteiger partial charge in [0.25, 0.3) is 5.91 Å². The fourth-order valence-electron chi connectivity index (χ4n) is 2.05. The van der Waals surface area contributed by atoms with E-state index in [4.69, 9.17) is 11.6 Å². The molecule has 0 radical (unpaired) electrons. The molecule has 2 aromatic carbocycles. The number of hydrogen-bond acceptors (Lipinski definition) is 1. The highest BCUT2D eigenvalue weighted by atomic mass is 35.5. The van der Waals surface area contributed by atoms with Crippen LogP contribution in [0.2, 0.25) is 5.02 Å². The number of anilines is 1. The van der Waals surface area contributed by atoms with Crippen LogP contribution in [0.25, 0.3) is 10.9 Å². The zero-order valence-corrected chi connectivity index (χ0v) is 11.0. The van der Waals surface area contributed by atoms with Crippen molar-refractivity contribution in [2.24, 2.45) is 0 Å². The third kappa shape index (κ3) is 2.26. The molecule has 100 valence electrons. The lowest BCUT2D eigenvalue weighted by Crippen LogP contribution is -2.13. The summed E-state index contributed by atoms with van der Waals surface area (Å²) in [6.45, 7) is 0. The Hall–Kier alpha value is -2.33. The average molecular weight is 289 g/mol. The molecular weight excluding hydrogens is 279 g/mol. The smallest absolute Gasteiger partial charge is 0.257 e. The summed E-state index contributed by atoms with van der Waals surface area (Å²) in [7, 11) is 0. The number of carbonyl (C=O) groups is 1. The molecule has 0 spiro atoms. The summed E-state index contributed by atoms with van der Waals surface area (Å²) in [5.41, 5.74) is 1.28. The summed E-state index contributed by atoms with van der Waals surface area (Å²) in [5, 5.41) is 3.75. The number of hydrogen-bond donors (Lipinski definition) is 2. The van der Waals surface area contributed by atoms with Crippen molar-refractivity contribution in [3.05, 3.63) is 65.1 Å². The SMILES string of the molecule is O=C(Nc1ccc(Cl)cc1F)c1cccc2cc[nH]c12. The van der Waals surface area contributed by atoms with Gasteiger partial charge in [0.2, 0.25) is 0 Å². The number of carbonyl (C=O) groups excluding carboxylic acids is 1. The predicted octanol–water partition coefficient (Wildman–Crippen LogP) is 4.21. The van der Waals surface area contributed by atoms with E-state index in [1.54, 1.807) is 18.3 Å². The highest BCUT2D eigenvalue weighted by Gasteiger charge is 2.13. The molecule has 2 N–H and O–H groups in total. The van der Waals surface area contributed by atoms with E-state index >= 15 is 0 Å². The molecule has 1 amide bonds. The Bertz CT molecular complexity index is 797. The summed E-state index contributed by atoms with van der Waals surface area (Å²) in [6.07, 6.45) is 1.75. The second-order valence-corrected chi connectivity index (χ2v) is 4.76. The van der Waals surface area contributed by atoms with Crippen LogP contribution >= 0.6 is 11.6 Å². The lowest BCUT2D eigenvalue weighted by molar-refractivity contribution is 0.102. The average Bonchev–Trinajstić information content (AvgIpc) is 2.90. The normalized spacial score (nSPS) is 10.7. The van der Waals surface area contributed by atoms with Gasteiger partial charge in [0.15, 0.2) is 0 Å². The van der Waals surface area contributed by atoms with Gasteiger partial charge in [-0.15, -0.1) is 0 Å². The number of H-pyrrole nitrogens is 1. The molecule has 20 heavy (non-hydrogen) atoms. The minimum atomic E-state index is -0.565. The molecule has 0 aliphatic carbocycles. The third-order valence-electron chi connectivity index (χ3n) is 3.01. The molecule has 1 aromatic heterocycles. The van der Waals surface area contributed by atoms with Crippen LogP contribution in [0.15, 0.2) is 48.7 Å². The van der Waals surface area contributed by atoms with Gasteiger partial charge in [0.1, 0.15) is 5.82 Å². The first-order valence-electron chi connectivity index (χ1n) is 5.97. The molecule has 0 unspecified atom stereocenters. The molecule has 0 bridgehead atoms. The van der Waals surface area contributed by atoms with Crippen LogP contribution in [-0.4, -0.2) is 10.9 Å². The number of halogens is 2. The topological polar surface area (TPSA) is 44.9 Å². The van der Waals surface area contributed by atoms with Gasteiger partial charge in [-0.05, 0) is 30.3 Å². The first-order chi connectivity index (χ1) is 9.65. The minimum Gasteiger partial charge on any atom is -0.361 e.